The topological polar surface area (TPSA) is 84.9 Å². The summed E-state index contributed by atoms with van der Waals surface area (Å²) in [5.41, 5.74) is 2.24. The lowest BCUT2D eigenvalue weighted by atomic mass is 10.1. The lowest BCUT2D eigenvalue weighted by Gasteiger charge is -2.14. The maximum Gasteiger partial charge on any atom is 0.294 e. The first-order chi connectivity index (χ1) is 18.5. The van der Waals surface area contributed by atoms with Gasteiger partial charge in [-0.15, -0.1) is 0 Å². The van der Waals surface area contributed by atoms with E-state index >= 15 is 0 Å². The van der Waals surface area contributed by atoms with E-state index in [1.54, 1.807) is 30.3 Å². The minimum absolute atomic E-state index is 0.242. The van der Waals surface area contributed by atoms with Gasteiger partial charge in [0.2, 0.25) is 5.91 Å². The molecular weight excluding hydrogens is 500 g/mol. The fraction of sp³-hybridized carbons (Fsp3) is 0.100. The number of hydrogen-bond acceptors (Lipinski definition) is 6. The second-order valence-electron chi connectivity index (χ2n) is 8.52. The van der Waals surface area contributed by atoms with E-state index in [1.165, 1.54) is 7.11 Å². The molecule has 1 saturated heterocycles. The molecule has 190 valence electrons. The molecule has 1 aliphatic heterocycles. The molecule has 8 heteroatoms. The number of para-hydroxylation sites is 2. The van der Waals surface area contributed by atoms with Crippen molar-refractivity contribution in [3.05, 3.63) is 107 Å². The molecule has 1 aliphatic rings. The molecule has 5 rings (SSSR count). The van der Waals surface area contributed by atoms with Crippen LogP contribution in [0.15, 0.2) is 95.9 Å². The number of benzene rings is 4. The zero-order valence-electron chi connectivity index (χ0n) is 20.5. The number of anilines is 1. The zero-order chi connectivity index (χ0) is 26.5. The number of nitrogens with zero attached hydrogens (tertiary/aromatic N) is 1. The molecule has 3 amide bonds. The van der Waals surface area contributed by atoms with Crippen LogP contribution in [0, 0.1) is 0 Å². The third kappa shape index (κ3) is 5.55. The van der Waals surface area contributed by atoms with Crippen LogP contribution in [-0.2, 0) is 16.2 Å². The number of carbonyl (C=O) groups excluding carboxylic acids is 3. The van der Waals surface area contributed by atoms with E-state index in [1.807, 2.05) is 48.5 Å². The molecule has 0 aromatic heterocycles. The largest absolute Gasteiger partial charge is 0.495 e. The van der Waals surface area contributed by atoms with Crippen LogP contribution in [0.1, 0.15) is 11.1 Å². The van der Waals surface area contributed by atoms with Crippen molar-refractivity contribution in [2.45, 2.75) is 6.61 Å². The molecule has 0 aliphatic carbocycles. The van der Waals surface area contributed by atoms with Gasteiger partial charge in [0.25, 0.3) is 11.1 Å². The Morgan fingerprint density at radius 2 is 1.71 bits per heavy atom. The maximum absolute atomic E-state index is 12.9. The molecule has 0 radical (unpaired) electrons. The Morgan fingerprint density at radius 1 is 0.947 bits per heavy atom. The fourth-order valence-electron chi connectivity index (χ4n) is 4.14. The highest BCUT2D eigenvalue weighted by atomic mass is 32.2. The van der Waals surface area contributed by atoms with Gasteiger partial charge in [0.05, 0.1) is 17.7 Å². The van der Waals surface area contributed by atoms with Crippen molar-refractivity contribution < 1.29 is 23.9 Å². The van der Waals surface area contributed by atoms with Crippen LogP contribution >= 0.6 is 11.8 Å². The van der Waals surface area contributed by atoms with Crippen LogP contribution in [0.25, 0.3) is 16.8 Å². The van der Waals surface area contributed by atoms with Gasteiger partial charge in [-0.2, -0.15) is 0 Å². The fourth-order valence-corrected chi connectivity index (χ4v) is 4.98. The monoisotopic (exact) mass is 524 g/mol. The molecular formula is C30H24N2O5S. The van der Waals surface area contributed by atoms with E-state index in [2.05, 4.69) is 23.5 Å². The summed E-state index contributed by atoms with van der Waals surface area (Å²) >= 11 is 0.803. The molecule has 0 spiro atoms. The Bertz CT molecular complexity index is 1560. The molecule has 7 nitrogen and oxygen atoms in total. The number of thioether (sulfide) groups is 1. The first-order valence-corrected chi connectivity index (χ1v) is 12.7. The van der Waals surface area contributed by atoms with Crippen LogP contribution < -0.4 is 14.8 Å². The van der Waals surface area contributed by atoms with Crippen molar-refractivity contribution >= 4 is 51.4 Å². The van der Waals surface area contributed by atoms with E-state index in [-0.39, 0.29) is 4.91 Å². The summed E-state index contributed by atoms with van der Waals surface area (Å²) in [6, 6.07) is 28.5. The van der Waals surface area contributed by atoms with E-state index in [9.17, 15) is 14.4 Å². The number of nitrogens with one attached hydrogen (secondary N) is 1. The van der Waals surface area contributed by atoms with Crippen LogP contribution in [0.3, 0.4) is 0 Å². The van der Waals surface area contributed by atoms with Crippen LogP contribution in [-0.4, -0.2) is 35.6 Å². The predicted molar refractivity (Wildman–Crippen MR) is 149 cm³/mol. The molecule has 0 saturated carbocycles. The Hall–Kier alpha value is -4.56. The summed E-state index contributed by atoms with van der Waals surface area (Å²) in [5.74, 6) is 0.110. The third-order valence-electron chi connectivity index (χ3n) is 5.99. The Labute approximate surface area is 224 Å². The molecule has 38 heavy (non-hydrogen) atoms. The summed E-state index contributed by atoms with van der Waals surface area (Å²) in [6.45, 7) is -0.00310. The van der Waals surface area contributed by atoms with Crippen LogP contribution in [0.2, 0.25) is 0 Å². The number of amides is 3. The number of methoxy groups -OCH3 is 1. The zero-order valence-corrected chi connectivity index (χ0v) is 21.4. The highest BCUT2D eigenvalue weighted by Gasteiger charge is 2.36. The van der Waals surface area contributed by atoms with Gasteiger partial charge in [-0.05, 0) is 64.0 Å². The molecule has 1 heterocycles. The van der Waals surface area contributed by atoms with Crippen molar-refractivity contribution in [3.63, 3.8) is 0 Å². The summed E-state index contributed by atoms with van der Waals surface area (Å²) in [6.07, 6.45) is 1.63. The van der Waals surface area contributed by atoms with Crippen molar-refractivity contribution in [2.75, 3.05) is 19.0 Å². The number of hydrogen-bond donors (Lipinski definition) is 1. The summed E-state index contributed by atoms with van der Waals surface area (Å²) in [4.78, 5) is 39.2. The Morgan fingerprint density at radius 3 is 2.58 bits per heavy atom. The Kier molecular flexibility index (Phi) is 7.42. The molecule has 4 aromatic rings. The first-order valence-electron chi connectivity index (χ1n) is 11.9. The van der Waals surface area contributed by atoms with Gasteiger partial charge in [-0.1, -0.05) is 66.7 Å². The average molecular weight is 525 g/mol. The van der Waals surface area contributed by atoms with E-state index in [4.69, 9.17) is 9.47 Å². The summed E-state index contributed by atoms with van der Waals surface area (Å²) in [5, 5.41) is 4.47. The summed E-state index contributed by atoms with van der Waals surface area (Å²) < 4.78 is 11.3. The number of fused-ring (bicyclic) bond motifs is 1. The second-order valence-corrected chi connectivity index (χ2v) is 9.51. The van der Waals surface area contributed by atoms with Gasteiger partial charge in [-0.3, -0.25) is 19.3 Å². The van der Waals surface area contributed by atoms with E-state index < -0.39 is 23.6 Å². The lowest BCUT2D eigenvalue weighted by molar-refractivity contribution is -0.127. The smallest absolute Gasteiger partial charge is 0.294 e. The van der Waals surface area contributed by atoms with Gasteiger partial charge in [0.1, 0.15) is 24.7 Å². The molecule has 0 atom stereocenters. The lowest BCUT2D eigenvalue weighted by Crippen LogP contribution is -2.36. The van der Waals surface area contributed by atoms with Gasteiger partial charge in [-0.25, -0.2) is 0 Å². The minimum atomic E-state index is -0.516. The maximum atomic E-state index is 12.9. The molecule has 0 bridgehead atoms. The van der Waals surface area contributed by atoms with Gasteiger partial charge >= 0.3 is 0 Å². The van der Waals surface area contributed by atoms with Gasteiger partial charge < -0.3 is 14.8 Å². The number of rotatable bonds is 8. The highest BCUT2D eigenvalue weighted by Crippen LogP contribution is 2.33. The first kappa shape index (κ1) is 25.1. The number of ether oxygens (including phenoxy) is 2. The van der Waals surface area contributed by atoms with Crippen LogP contribution in [0.4, 0.5) is 10.5 Å². The van der Waals surface area contributed by atoms with Crippen molar-refractivity contribution in [1.29, 1.82) is 0 Å². The quantitative estimate of drug-likeness (QED) is 0.280. The SMILES string of the molecule is COc1ccccc1NC(=O)CN1C(=O)S/C(=C/c2cccc(OCc3cccc4ccccc34)c2)C1=O. The van der Waals surface area contributed by atoms with E-state index in [0.29, 0.717) is 29.4 Å². The number of carbonyl (C=O) groups is 3. The molecule has 1 fully saturated rings. The highest BCUT2D eigenvalue weighted by molar-refractivity contribution is 8.18. The Balaban J connectivity index is 1.25. The molecule has 1 N–H and O–H groups in total. The second kappa shape index (κ2) is 11.2. The standard InChI is InChI=1S/C30H24N2O5S/c1-36-26-15-5-4-14-25(26)31-28(33)18-32-29(34)27(38-30(32)35)17-20-8-6-12-23(16-20)37-19-22-11-7-10-21-9-2-3-13-24(21)22/h2-17H,18-19H2,1H3,(H,31,33)/b27-17+. The average Bonchev–Trinajstić information content (AvgIpc) is 3.19. The summed E-state index contributed by atoms with van der Waals surface area (Å²) in [7, 11) is 1.50. The molecule has 4 aromatic carbocycles. The van der Waals surface area contributed by atoms with Crippen molar-refractivity contribution in [3.8, 4) is 11.5 Å². The molecule has 0 unspecified atom stereocenters. The van der Waals surface area contributed by atoms with Gasteiger partial charge in [0.15, 0.2) is 0 Å². The third-order valence-corrected chi connectivity index (χ3v) is 6.89. The van der Waals surface area contributed by atoms with E-state index in [0.717, 1.165) is 33.0 Å². The van der Waals surface area contributed by atoms with Crippen molar-refractivity contribution in [2.24, 2.45) is 0 Å². The van der Waals surface area contributed by atoms with Crippen molar-refractivity contribution in [1.82, 2.24) is 4.90 Å². The number of imide groups is 1. The van der Waals surface area contributed by atoms with Crippen LogP contribution in [0.5, 0.6) is 11.5 Å². The predicted octanol–water partition coefficient (Wildman–Crippen LogP) is 6.10. The minimum Gasteiger partial charge on any atom is -0.495 e. The normalized spacial score (nSPS) is 14.2. The van der Waals surface area contributed by atoms with Gasteiger partial charge in [0, 0.05) is 0 Å².